The molecule has 1 aliphatic carbocycles. The Kier molecular flexibility index (Phi) is 6.08. The second-order valence-electron chi connectivity index (χ2n) is 10.6. The van der Waals surface area contributed by atoms with Crippen LogP contribution >= 0.6 is 0 Å². The summed E-state index contributed by atoms with van der Waals surface area (Å²) in [5.41, 5.74) is 8.50. The summed E-state index contributed by atoms with van der Waals surface area (Å²) in [6.07, 6.45) is 4.19. The molecule has 2 fully saturated rings. The average molecular weight is 533 g/mol. The molecule has 2 aliphatic rings. The van der Waals surface area contributed by atoms with Gasteiger partial charge < -0.3 is 33.8 Å². The monoisotopic (exact) mass is 532 g/mol. The van der Waals surface area contributed by atoms with Gasteiger partial charge in [-0.3, -0.25) is 9.59 Å². The number of fused-ring (bicyclic) bond motifs is 2. The highest BCUT2D eigenvalue weighted by Crippen LogP contribution is 2.37. The van der Waals surface area contributed by atoms with Gasteiger partial charge in [-0.1, -0.05) is 0 Å². The zero-order valence-electron chi connectivity index (χ0n) is 22.3. The first-order valence-corrected chi connectivity index (χ1v) is 13.2. The maximum Gasteiger partial charge on any atom is 0.404 e. The van der Waals surface area contributed by atoms with Crippen molar-refractivity contribution in [2.45, 2.75) is 38.3 Å². The summed E-state index contributed by atoms with van der Waals surface area (Å²) in [7, 11) is 5.25. The van der Waals surface area contributed by atoms with Gasteiger partial charge in [0, 0.05) is 44.3 Å². The third-order valence-electron chi connectivity index (χ3n) is 7.84. The number of primary amides is 1. The molecule has 1 aliphatic heterocycles. The van der Waals surface area contributed by atoms with Crippen LogP contribution < -0.4 is 16.0 Å². The second kappa shape index (κ2) is 9.48. The van der Waals surface area contributed by atoms with Crippen LogP contribution in [-0.4, -0.2) is 61.9 Å². The van der Waals surface area contributed by atoms with Crippen LogP contribution in [0.5, 0.6) is 5.75 Å². The number of hydrogen-bond donors (Lipinski definition) is 1. The maximum atomic E-state index is 13.5. The molecule has 11 nitrogen and oxygen atoms in total. The number of amides is 2. The molecule has 0 spiro atoms. The van der Waals surface area contributed by atoms with Gasteiger partial charge in [0.05, 0.1) is 24.9 Å². The highest BCUT2D eigenvalue weighted by Gasteiger charge is 2.29. The molecule has 1 atom stereocenters. The number of carbonyl (C=O) groups excluding carboxylic acids is 2. The zero-order chi connectivity index (χ0) is 27.4. The fraction of sp³-hybridized carbons (Fsp3) is 0.429. The molecule has 0 radical (unpaired) electrons. The summed E-state index contributed by atoms with van der Waals surface area (Å²) in [4.78, 5) is 44.5. The summed E-state index contributed by atoms with van der Waals surface area (Å²) in [5.74, 6) is 1.58. The minimum Gasteiger partial charge on any atom is -0.494 e. The number of piperidine rings is 1. The Labute approximate surface area is 224 Å². The summed E-state index contributed by atoms with van der Waals surface area (Å²) in [5, 5.41) is 0.876. The second-order valence-corrected chi connectivity index (χ2v) is 10.6. The molecule has 11 heteroatoms. The Bertz CT molecular complexity index is 1680. The van der Waals surface area contributed by atoms with Crippen LogP contribution in [0.1, 0.15) is 36.0 Å². The summed E-state index contributed by atoms with van der Waals surface area (Å²) >= 11 is 0. The molecule has 1 aromatic carbocycles. The van der Waals surface area contributed by atoms with Gasteiger partial charge in [-0.2, -0.15) is 0 Å². The topological polar surface area (TPSA) is 127 Å². The van der Waals surface area contributed by atoms with E-state index in [1.807, 2.05) is 23.7 Å². The van der Waals surface area contributed by atoms with E-state index in [2.05, 4.69) is 4.57 Å². The van der Waals surface area contributed by atoms with Crippen molar-refractivity contribution in [3.05, 3.63) is 46.4 Å². The molecule has 39 heavy (non-hydrogen) atoms. The molecule has 2 amide bonds. The van der Waals surface area contributed by atoms with Gasteiger partial charge in [0.15, 0.2) is 5.82 Å². The number of aromatic nitrogens is 4. The minimum absolute atomic E-state index is 0.0382. The number of methoxy groups -OCH3 is 1. The number of imidazole rings is 1. The number of likely N-dealkylation sites (tertiary alicyclic amines) is 1. The maximum absolute atomic E-state index is 13.5. The SMILES string of the molecule is COc1cc(C(=O)N2CCCC(OC(N)=O)C2)cc2nc(-c3cc4ccn(C)c(=O)c4n3CC3CC3)n(C)c12. The van der Waals surface area contributed by atoms with Crippen LogP contribution in [0.25, 0.3) is 33.5 Å². The number of ether oxygens (including phenoxy) is 2. The number of aryl methyl sites for hydroxylation is 2. The fourth-order valence-corrected chi connectivity index (χ4v) is 5.68. The number of hydrogen-bond acceptors (Lipinski definition) is 6. The molecule has 2 N–H and O–H groups in total. The van der Waals surface area contributed by atoms with Crippen molar-refractivity contribution in [2.75, 3.05) is 20.2 Å². The fourth-order valence-electron chi connectivity index (χ4n) is 5.68. The zero-order valence-corrected chi connectivity index (χ0v) is 22.3. The molecule has 4 aromatic rings. The first kappa shape index (κ1) is 25.0. The largest absolute Gasteiger partial charge is 0.494 e. The van der Waals surface area contributed by atoms with Crippen molar-refractivity contribution < 1.29 is 19.1 Å². The lowest BCUT2D eigenvalue weighted by Crippen LogP contribution is -2.44. The standard InChI is InChI=1S/C28H32N6O5/c1-31-10-8-17-12-21(34(14-16-6-7-16)23(17)27(31)36)25-30-20-11-18(13-22(38-3)24(20)32(25)2)26(35)33-9-4-5-19(15-33)39-28(29)37/h8,10-13,16,19H,4-7,9,14-15H2,1-3H3,(H2,29,37). The Hall–Kier alpha value is -4.28. The number of nitrogens with zero attached hydrogens (tertiary/aromatic N) is 5. The van der Waals surface area contributed by atoms with Gasteiger partial charge in [-0.15, -0.1) is 0 Å². The lowest BCUT2D eigenvalue weighted by Gasteiger charge is -2.32. The first-order valence-electron chi connectivity index (χ1n) is 13.2. The third kappa shape index (κ3) is 4.41. The molecular formula is C28H32N6O5. The molecule has 3 aromatic heterocycles. The number of nitrogens with two attached hydrogens (primary N) is 1. The Morgan fingerprint density at radius 2 is 1.92 bits per heavy atom. The molecule has 1 unspecified atom stereocenters. The quantitative estimate of drug-likeness (QED) is 0.407. The Morgan fingerprint density at radius 1 is 1.13 bits per heavy atom. The van der Waals surface area contributed by atoms with Crippen LogP contribution in [0.2, 0.25) is 0 Å². The van der Waals surface area contributed by atoms with Crippen LogP contribution in [0.15, 0.2) is 35.3 Å². The number of rotatable bonds is 6. The van der Waals surface area contributed by atoms with Crippen molar-refractivity contribution in [3.63, 3.8) is 0 Å². The summed E-state index contributed by atoms with van der Waals surface area (Å²) < 4.78 is 16.5. The normalized spacial score (nSPS) is 17.6. The van der Waals surface area contributed by atoms with E-state index >= 15 is 0 Å². The van der Waals surface area contributed by atoms with Gasteiger partial charge >= 0.3 is 6.09 Å². The van der Waals surface area contributed by atoms with Crippen LogP contribution in [0.3, 0.4) is 0 Å². The molecule has 1 saturated heterocycles. The third-order valence-corrected chi connectivity index (χ3v) is 7.84. The highest BCUT2D eigenvalue weighted by molar-refractivity contribution is 6.00. The lowest BCUT2D eigenvalue weighted by atomic mass is 10.1. The van der Waals surface area contributed by atoms with Crippen LogP contribution in [0, 0.1) is 5.92 Å². The van der Waals surface area contributed by atoms with Crippen molar-refractivity contribution in [3.8, 4) is 17.3 Å². The van der Waals surface area contributed by atoms with Gasteiger partial charge in [0.2, 0.25) is 0 Å². The summed E-state index contributed by atoms with van der Waals surface area (Å²) in [6.45, 7) is 1.60. The number of benzene rings is 1. The predicted octanol–water partition coefficient (Wildman–Crippen LogP) is 3.01. The lowest BCUT2D eigenvalue weighted by molar-refractivity contribution is 0.0373. The van der Waals surface area contributed by atoms with Crippen molar-refractivity contribution >= 4 is 33.9 Å². The number of pyridine rings is 1. The Balaban J connectivity index is 1.44. The van der Waals surface area contributed by atoms with E-state index in [9.17, 15) is 14.4 Å². The molecule has 6 rings (SSSR count). The molecule has 1 saturated carbocycles. The van der Waals surface area contributed by atoms with Gasteiger partial charge in [-0.25, -0.2) is 9.78 Å². The smallest absolute Gasteiger partial charge is 0.404 e. The molecule has 204 valence electrons. The van der Waals surface area contributed by atoms with E-state index in [0.29, 0.717) is 53.5 Å². The van der Waals surface area contributed by atoms with E-state index < -0.39 is 12.2 Å². The minimum atomic E-state index is -0.838. The van der Waals surface area contributed by atoms with Crippen molar-refractivity contribution in [1.29, 1.82) is 0 Å². The Morgan fingerprint density at radius 3 is 2.64 bits per heavy atom. The van der Waals surface area contributed by atoms with Crippen LogP contribution in [0.4, 0.5) is 4.79 Å². The van der Waals surface area contributed by atoms with Gasteiger partial charge in [0.25, 0.3) is 11.5 Å². The van der Waals surface area contributed by atoms with Crippen LogP contribution in [-0.2, 0) is 25.4 Å². The predicted molar refractivity (Wildman–Crippen MR) is 146 cm³/mol. The first-order chi connectivity index (χ1) is 18.7. The van der Waals surface area contributed by atoms with Crippen molar-refractivity contribution in [1.82, 2.24) is 23.6 Å². The van der Waals surface area contributed by atoms with E-state index in [0.717, 1.165) is 36.0 Å². The van der Waals surface area contributed by atoms with E-state index in [-0.39, 0.29) is 18.0 Å². The average Bonchev–Trinajstić information content (AvgIpc) is 3.58. The number of carbonyl (C=O) groups is 2. The molecule has 4 heterocycles. The molecular weight excluding hydrogens is 500 g/mol. The van der Waals surface area contributed by atoms with Gasteiger partial charge in [0.1, 0.15) is 22.9 Å². The molecule has 0 bridgehead atoms. The van der Waals surface area contributed by atoms with E-state index in [1.54, 1.807) is 42.0 Å². The van der Waals surface area contributed by atoms with E-state index in [4.69, 9.17) is 20.2 Å². The van der Waals surface area contributed by atoms with Gasteiger partial charge in [-0.05, 0) is 55.9 Å². The van der Waals surface area contributed by atoms with E-state index in [1.165, 1.54) is 0 Å². The van der Waals surface area contributed by atoms with Crippen molar-refractivity contribution in [2.24, 2.45) is 25.7 Å². The highest BCUT2D eigenvalue weighted by atomic mass is 16.6. The summed E-state index contributed by atoms with van der Waals surface area (Å²) in [6, 6.07) is 7.47.